The minimum atomic E-state index is -4.42. The summed E-state index contributed by atoms with van der Waals surface area (Å²) in [5.41, 5.74) is 3.64. The number of aromatic nitrogens is 6. The van der Waals surface area contributed by atoms with Gasteiger partial charge in [-0.15, -0.1) is 0 Å². The summed E-state index contributed by atoms with van der Waals surface area (Å²) in [6.45, 7) is 2.64. The van der Waals surface area contributed by atoms with E-state index in [0.717, 1.165) is 43.4 Å². The van der Waals surface area contributed by atoms with Gasteiger partial charge >= 0.3 is 12.4 Å². The Labute approximate surface area is 274 Å². The van der Waals surface area contributed by atoms with Gasteiger partial charge in [0.1, 0.15) is 5.75 Å². The van der Waals surface area contributed by atoms with Crippen LogP contribution in [0.2, 0.25) is 0 Å². The molecule has 3 heterocycles. The second-order valence-corrected chi connectivity index (χ2v) is 12.1. The third-order valence-corrected chi connectivity index (χ3v) is 8.56. The van der Waals surface area contributed by atoms with Gasteiger partial charge in [-0.1, -0.05) is 19.1 Å². The molecule has 2 aliphatic carbocycles. The van der Waals surface area contributed by atoms with Gasteiger partial charge in [-0.25, -0.2) is 14.3 Å². The molecule has 0 fully saturated rings. The Morgan fingerprint density at radius 3 is 1.60 bits per heavy atom. The van der Waals surface area contributed by atoms with Crippen LogP contribution in [0.15, 0.2) is 61.1 Å². The molecule has 0 N–H and O–H groups in total. The highest BCUT2D eigenvalue weighted by molar-refractivity contribution is 5.60. The Morgan fingerprint density at radius 1 is 0.688 bits per heavy atom. The lowest BCUT2D eigenvalue weighted by Gasteiger charge is -2.15. The molecule has 7 nitrogen and oxygen atoms in total. The number of imidazole rings is 1. The van der Waals surface area contributed by atoms with Crippen molar-refractivity contribution in [3.63, 3.8) is 0 Å². The van der Waals surface area contributed by atoms with Crippen molar-refractivity contribution in [1.29, 1.82) is 0 Å². The largest absolute Gasteiger partial charge is 0.494 e. The SMILES string of the molecule is CCCOc1ccc(-n2nc(C(F)(F)F)c3c2CCCC3)cc1.Cn1cnc(-c2ccc(-n3nc(C(F)(F)F)c4c3CCCC4)cc2)c1. The molecule has 0 unspecified atom stereocenters. The molecule has 0 radical (unpaired) electrons. The predicted molar refractivity (Wildman–Crippen MR) is 168 cm³/mol. The first-order valence-electron chi connectivity index (χ1n) is 16.1. The van der Waals surface area contributed by atoms with Crippen LogP contribution in [0.1, 0.15) is 72.9 Å². The minimum Gasteiger partial charge on any atom is -0.494 e. The Hall–Kier alpha value is -4.55. The zero-order valence-electron chi connectivity index (χ0n) is 26.7. The van der Waals surface area contributed by atoms with Crippen LogP contribution in [0.4, 0.5) is 26.3 Å². The fourth-order valence-corrected chi connectivity index (χ4v) is 6.32. The van der Waals surface area contributed by atoms with Gasteiger partial charge in [0, 0.05) is 41.3 Å². The van der Waals surface area contributed by atoms with Crippen molar-refractivity contribution >= 4 is 0 Å². The number of benzene rings is 2. The second-order valence-electron chi connectivity index (χ2n) is 12.1. The molecule has 0 amide bonds. The maximum atomic E-state index is 13.3. The third kappa shape index (κ3) is 7.00. The van der Waals surface area contributed by atoms with Crippen molar-refractivity contribution in [2.75, 3.05) is 6.61 Å². The first-order valence-corrected chi connectivity index (χ1v) is 16.1. The standard InChI is InChI=1S/C18H17F3N4.C17H19F3N2O/c1-24-10-15(22-11-24)12-6-8-13(9-7-12)25-16-5-3-2-4-14(16)17(23-25)18(19,20)21;1-2-11-23-13-9-7-12(8-10-13)22-15-6-4-3-5-14(15)16(21-22)17(18,19)20/h6-11H,2-5H2,1H3;7-10H,2-6,11H2,1H3. The van der Waals surface area contributed by atoms with Crippen LogP contribution in [0.3, 0.4) is 0 Å². The molecule has 3 aromatic heterocycles. The zero-order valence-corrected chi connectivity index (χ0v) is 26.7. The lowest BCUT2D eigenvalue weighted by molar-refractivity contribution is -0.142. The van der Waals surface area contributed by atoms with Gasteiger partial charge < -0.3 is 9.30 Å². The molecule has 48 heavy (non-hydrogen) atoms. The summed E-state index contributed by atoms with van der Waals surface area (Å²) >= 11 is 0. The molecule has 7 rings (SSSR count). The number of ether oxygens (including phenoxy) is 1. The normalized spacial score (nSPS) is 14.6. The van der Waals surface area contributed by atoms with Crippen molar-refractivity contribution < 1.29 is 31.1 Å². The van der Waals surface area contributed by atoms with Crippen molar-refractivity contribution in [1.82, 2.24) is 29.1 Å². The molecule has 254 valence electrons. The number of fused-ring (bicyclic) bond motifs is 2. The second kappa shape index (κ2) is 13.5. The first-order chi connectivity index (χ1) is 22.9. The maximum absolute atomic E-state index is 13.3. The minimum absolute atomic E-state index is 0.354. The van der Waals surface area contributed by atoms with E-state index in [-0.39, 0.29) is 0 Å². The van der Waals surface area contributed by atoms with E-state index < -0.39 is 23.7 Å². The van der Waals surface area contributed by atoms with Crippen molar-refractivity contribution in [3.05, 3.63) is 95.0 Å². The molecule has 0 saturated heterocycles. The van der Waals surface area contributed by atoms with E-state index in [4.69, 9.17) is 4.74 Å². The van der Waals surface area contributed by atoms with E-state index in [9.17, 15) is 26.3 Å². The van der Waals surface area contributed by atoms with Crippen LogP contribution in [0.25, 0.3) is 22.6 Å². The number of nitrogens with zero attached hydrogens (tertiary/aromatic N) is 6. The van der Waals surface area contributed by atoms with Gasteiger partial charge in [0.25, 0.3) is 0 Å². The fraction of sp³-hybridized carbons (Fsp3) is 0.400. The average molecular weight is 671 g/mol. The summed E-state index contributed by atoms with van der Waals surface area (Å²) in [4.78, 5) is 4.29. The lowest BCUT2D eigenvalue weighted by atomic mass is 9.95. The van der Waals surface area contributed by atoms with Gasteiger partial charge in [0.2, 0.25) is 0 Å². The molecule has 0 aliphatic heterocycles. The van der Waals surface area contributed by atoms with Crippen LogP contribution < -0.4 is 4.74 Å². The number of hydrogen-bond donors (Lipinski definition) is 0. The summed E-state index contributed by atoms with van der Waals surface area (Å²) in [5.74, 6) is 0.715. The van der Waals surface area contributed by atoms with E-state index in [1.807, 2.05) is 36.9 Å². The molecule has 0 atom stereocenters. The highest BCUT2D eigenvalue weighted by Gasteiger charge is 2.40. The molecule has 2 aromatic carbocycles. The molecule has 0 bridgehead atoms. The van der Waals surface area contributed by atoms with Crippen molar-refractivity contribution in [3.8, 4) is 28.4 Å². The Balaban J connectivity index is 0.000000168. The Morgan fingerprint density at radius 2 is 1.17 bits per heavy atom. The van der Waals surface area contributed by atoms with Gasteiger partial charge in [-0.05, 0) is 94.2 Å². The molecule has 0 spiro atoms. The van der Waals surface area contributed by atoms with Crippen LogP contribution in [0.5, 0.6) is 5.75 Å². The monoisotopic (exact) mass is 670 g/mol. The van der Waals surface area contributed by atoms with Crippen LogP contribution >= 0.6 is 0 Å². The third-order valence-electron chi connectivity index (χ3n) is 8.56. The summed E-state index contributed by atoms with van der Waals surface area (Å²) in [6.07, 6.45) is 1.18. The van der Waals surface area contributed by atoms with Gasteiger partial charge in [0.05, 0.1) is 30.0 Å². The number of aryl methyl sites for hydroxylation is 1. The Bertz CT molecular complexity index is 1850. The molecule has 2 aliphatic rings. The lowest BCUT2D eigenvalue weighted by Crippen LogP contribution is -2.11. The fourth-order valence-electron chi connectivity index (χ4n) is 6.32. The molecular weight excluding hydrogens is 634 g/mol. The predicted octanol–water partition coefficient (Wildman–Crippen LogP) is 8.73. The van der Waals surface area contributed by atoms with E-state index in [2.05, 4.69) is 15.2 Å². The number of alkyl halides is 6. The molecule has 13 heteroatoms. The smallest absolute Gasteiger partial charge is 0.435 e. The van der Waals surface area contributed by atoms with Crippen molar-refractivity contribution in [2.45, 2.75) is 77.1 Å². The molecule has 0 saturated carbocycles. The molecular formula is C35H36F6N6O. The van der Waals surface area contributed by atoms with E-state index in [0.29, 0.717) is 71.9 Å². The number of rotatable bonds is 6. The number of halogens is 6. The van der Waals surface area contributed by atoms with Crippen LogP contribution in [-0.4, -0.2) is 35.7 Å². The first kappa shape index (κ1) is 33.4. The summed E-state index contributed by atoms with van der Waals surface area (Å²) in [7, 11) is 1.89. The highest BCUT2D eigenvalue weighted by atomic mass is 19.4. The van der Waals surface area contributed by atoms with Crippen LogP contribution in [-0.2, 0) is 45.1 Å². The summed E-state index contributed by atoms with van der Waals surface area (Å²) in [6, 6.07) is 14.4. The van der Waals surface area contributed by atoms with Gasteiger partial charge in [0.15, 0.2) is 11.4 Å². The van der Waals surface area contributed by atoms with E-state index in [1.54, 1.807) is 42.7 Å². The number of hydrogen-bond acceptors (Lipinski definition) is 4. The van der Waals surface area contributed by atoms with Gasteiger partial charge in [-0.3, -0.25) is 0 Å². The molecule has 5 aromatic rings. The van der Waals surface area contributed by atoms with Crippen LogP contribution in [0, 0.1) is 0 Å². The quantitative estimate of drug-likeness (QED) is 0.170. The average Bonchev–Trinajstić information content (AvgIpc) is 3.80. The highest BCUT2D eigenvalue weighted by Crippen LogP contribution is 2.38. The topological polar surface area (TPSA) is 62.7 Å². The maximum Gasteiger partial charge on any atom is 0.435 e. The summed E-state index contributed by atoms with van der Waals surface area (Å²) in [5, 5.41) is 7.79. The van der Waals surface area contributed by atoms with Crippen molar-refractivity contribution in [2.24, 2.45) is 7.05 Å². The van der Waals surface area contributed by atoms with Gasteiger partial charge in [-0.2, -0.15) is 36.5 Å². The zero-order chi connectivity index (χ0) is 34.1. The Kier molecular flexibility index (Phi) is 9.39. The van der Waals surface area contributed by atoms with E-state index >= 15 is 0 Å². The summed E-state index contributed by atoms with van der Waals surface area (Å²) < 4.78 is 89.8. The van der Waals surface area contributed by atoms with E-state index in [1.165, 1.54) is 9.36 Å².